The molecule has 28 heavy (non-hydrogen) atoms. The van der Waals surface area contributed by atoms with Gasteiger partial charge >= 0.3 is 0 Å². The van der Waals surface area contributed by atoms with Gasteiger partial charge in [0.1, 0.15) is 0 Å². The van der Waals surface area contributed by atoms with Crippen LogP contribution in [0.4, 0.5) is 0 Å². The Labute approximate surface area is 168 Å². The van der Waals surface area contributed by atoms with Crippen LogP contribution >= 0.6 is 0 Å². The lowest BCUT2D eigenvalue weighted by molar-refractivity contribution is 0.0920. The zero-order valence-corrected chi connectivity index (χ0v) is 18.4. The van der Waals surface area contributed by atoms with Gasteiger partial charge in [-0.3, -0.25) is 4.79 Å². The fourth-order valence-electron chi connectivity index (χ4n) is 3.34. The summed E-state index contributed by atoms with van der Waals surface area (Å²) < 4.78 is 51.7. The van der Waals surface area contributed by atoms with E-state index in [4.69, 9.17) is 0 Å². The Kier molecular flexibility index (Phi) is 7.24. The number of carbonyl (C=O) groups is 1. The summed E-state index contributed by atoms with van der Waals surface area (Å²) in [6.45, 7) is 6.63. The zero-order valence-electron chi connectivity index (χ0n) is 16.8. The normalized spacial score (nSPS) is 19.0. The average molecular weight is 432 g/mol. The molecule has 1 saturated heterocycles. The van der Waals surface area contributed by atoms with Gasteiger partial charge in [-0.25, -0.2) is 21.1 Å². The highest BCUT2D eigenvalue weighted by molar-refractivity contribution is 7.89. The van der Waals surface area contributed by atoms with Crippen molar-refractivity contribution in [3.05, 3.63) is 29.3 Å². The summed E-state index contributed by atoms with van der Waals surface area (Å²) in [6, 6.07) is 4.22. The highest BCUT2D eigenvalue weighted by Gasteiger charge is 2.28. The Morgan fingerprint density at radius 2 is 1.86 bits per heavy atom. The Bertz CT molecular complexity index is 925. The number of aryl methyl sites for hydroxylation is 1. The van der Waals surface area contributed by atoms with Crippen molar-refractivity contribution in [1.82, 2.24) is 13.9 Å². The molecule has 1 amide bonds. The number of rotatable bonds is 7. The second kappa shape index (κ2) is 8.89. The largest absolute Gasteiger partial charge is 0.348 e. The molecule has 2 rings (SSSR count). The Morgan fingerprint density at radius 3 is 2.43 bits per heavy atom. The van der Waals surface area contributed by atoms with Crippen LogP contribution in [0.2, 0.25) is 0 Å². The van der Waals surface area contributed by atoms with Crippen LogP contribution in [0.3, 0.4) is 0 Å². The molecule has 1 aliphatic heterocycles. The first-order valence-electron chi connectivity index (χ1n) is 9.37. The molecule has 1 unspecified atom stereocenters. The number of hydrogen-bond donors (Lipinski definition) is 1. The van der Waals surface area contributed by atoms with E-state index in [0.29, 0.717) is 38.0 Å². The quantitative estimate of drug-likeness (QED) is 0.698. The van der Waals surface area contributed by atoms with E-state index in [-0.39, 0.29) is 23.0 Å². The fourth-order valence-corrected chi connectivity index (χ4v) is 5.74. The SMILES string of the molecule is CCN(CC)S(=O)(=O)c1ccc(C)c(C(=O)NC2CCCN(S(C)(=O)=O)C2)c1. The number of nitrogens with zero attached hydrogens (tertiary/aromatic N) is 2. The van der Waals surface area contributed by atoms with E-state index >= 15 is 0 Å². The summed E-state index contributed by atoms with van der Waals surface area (Å²) in [5.74, 6) is -0.394. The van der Waals surface area contributed by atoms with Crippen molar-refractivity contribution in [2.24, 2.45) is 0 Å². The Morgan fingerprint density at radius 1 is 1.21 bits per heavy atom. The van der Waals surface area contributed by atoms with Crippen molar-refractivity contribution >= 4 is 26.0 Å². The van der Waals surface area contributed by atoms with Crippen LogP contribution in [0.1, 0.15) is 42.6 Å². The second-order valence-corrected chi connectivity index (χ2v) is 10.9. The van der Waals surface area contributed by atoms with Crippen LogP contribution in [-0.2, 0) is 20.0 Å². The average Bonchev–Trinajstić information content (AvgIpc) is 2.62. The molecule has 0 bridgehead atoms. The molecule has 1 aromatic carbocycles. The number of benzene rings is 1. The standard InChI is InChI=1S/C18H29N3O5S2/c1-5-20(6-2)28(25,26)16-10-9-14(3)17(12-16)18(22)19-15-8-7-11-21(13-15)27(4,23)24/h9-10,12,15H,5-8,11,13H2,1-4H3,(H,19,22). The molecule has 1 heterocycles. The molecular weight excluding hydrogens is 402 g/mol. The lowest BCUT2D eigenvalue weighted by Crippen LogP contribution is -2.49. The van der Waals surface area contributed by atoms with E-state index in [2.05, 4.69) is 5.32 Å². The first kappa shape index (κ1) is 22.8. The molecule has 10 heteroatoms. The third-order valence-corrected chi connectivity index (χ3v) is 8.30. The molecule has 0 spiro atoms. The zero-order chi connectivity index (χ0) is 21.1. The number of nitrogens with one attached hydrogen (secondary N) is 1. The van der Waals surface area contributed by atoms with Crippen LogP contribution in [0.5, 0.6) is 0 Å². The number of hydrogen-bond acceptors (Lipinski definition) is 5. The summed E-state index contributed by atoms with van der Waals surface area (Å²) in [6.07, 6.45) is 2.49. The third-order valence-electron chi connectivity index (χ3n) is 4.99. The van der Waals surface area contributed by atoms with E-state index in [9.17, 15) is 21.6 Å². The maximum Gasteiger partial charge on any atom is 0.251 e. The molecule has 158 valence electrons. The summed E-state index contributed by atoms with van der Waals surface area (Å²) in [5, 5.41) is 2.86. The molecule has 1 N–H and O–H groups in total. The minimum absolute atomic E-state index is 0.0772. The summed E-state index contributed by atoms with van der Waals surface area (Å²) in [5.41, 5.74) is 0.941. The number of carbonyl (C=O) groups excluding carboxylic acids is 1. The first-order chi connectivity index (χ1) is 13.0. The first-order valence-corrected chi connectivity index (χ1v) is 12.7. The van der Waals surface area contributed by atoms with Crippen molar-refractivity contribution in [1.29, 1.82) is 0 Å². The molecule has 0 radical (unpaired) electrons. The summed E-state index contributed by atoms with van der Waals surface area (Å²) in [4.78, 5) is 12.9. The minimum Gasteiger partial charge on any atom is -0.348 e. The molecule has 1 aromatic rings. The van der Waals surface area contributed by atoms with Gasteiger partial charge in [-0.05, 0) is 37.5 Å². The van der Waals surface area contributed by atoms with Gasteiger partial charge in [-0.2, -0.15) is 4.31 Å². The van der Waals surface area contributed by atoms with E-state index < -0.39 is 26.0 Å². The molecule has 0 saturated carbocycles. The predicted octanol–water partition coefficient (Wildman–Crippen LogP) is 1.18. The van der Waals surface area contributed by atoms with Crippen molar-refractivity contribution in [2.45, 2.75) is 44.6 Å². The van der Waals surface area contributed by atoms with Gasteiger partial charge in [0.25, 0.3) is 5.91 Å². The second-order valence-electron chi connectivity index (χ2n) is 7.00. The lowest BCUT2D eigenvalue weighted by Gasteiger charge is -2.31. The van der Waals surface area contributed by atoms with Gasteiger partial charge in [-0.1, -0.05) is 19.9 Å². The lowest BCUT2D eigenvalue weighted by atomic mass is 10.0. The summed E-state index contributed by atoms with van der Waals surface area (Å²) >= 11 is 0. The topological polar surface area (TPSA) is 104 Å². The van der Waals surface area contributed by atoms with Gasteiger partial charge in [0.2, 0.25) is 20.0 Å². The van der Waals surface area contributed by atoms with Gasteiger partial charge in [0, 0.05) is 37.8 Å². The van der Waals surface area contributed by atoms with E-state index in [1.807, 2.05) is 0 Å². The van der Waals surface area contributed by atoms with Crippen LogP contribution in [-0.4, -0.2) is 69.8 Å². The van der Waals surface area contributed by atoms with Crippen molar-refractivity contribution < 1.29 is 21.6 Å². The Hall–Kier alpha value is -1.49. The summed E-state index contributed by atoms with van der Waals surface area (Å²) in [7, 11) is -6.98. The fraction of sp³-hybridized carbons (Fsp3) is 0.611. The van der Waals surface area contributed by atoms with E-state index in [0.717, 1.165) is 6.26 Å². The van der Waals surface area contributed by atoms with Crippen molar-refractivity contribution in [3.63, 3.8) is 0 Å². The van der Waals surface area contributed by atoms with E-state index in [1.165, 1.54) is 20.7 Å². The highest BCUT2D eigenvalue weighted by atomic mass is 32.2. The number of piperidine rings is 1. The van der Waals surface area contributed by atoms with Crippen molar-refractivity contribution in [3.8, 4) is 0 Å². The smallest absolute Gasteiger partial charge is 0.251 e. The van der Waals surface area contributed by atoms with Crippen molar-refractivity contribution in [2.75, 3.05) is 32.4 Å². The Balaban J connectivity index is 2.24. The molecule has 1 aliphatic rings. The number of sulfonamides is 2. The minimum atomic E-state index is -3.67. The van der Waals surface area contributed by atoms with Gasteiger partial charge in [0.05, 0.1) is 11.2 Å². The van der Waals surface area contributed by atoms with Crippen LogP contribution < -0.4 is 5.32 Å². The maximum atomic E-state index is 12.8. The highest BCUT2D eigenvalue weighted by Crippen LogP contribution is 2.20. The monoisotopic (exact) mass is 431 g/mol. The molecule has 0 aromatic heterocycles. The molecule has 0 aliphatic carbocycles. The van der Waals surface area contributed by atoms with Crippen LogP contribution in [0, 0.1) is 6.92 Å². The molecule has 1 atom stereocenters. The number of amides is 1. The van der Waals surface area contributed by atoms with Gasteiger partial charge in [0.15, 0.2) is 0 Å². The molecule has 1 fully saturated rings. The van der Waals surface area contributed by atoms with Gasteiger partial charge in [-0.15, -0.1) is 0 Å². The third kappa shape index (κ3) is 5.11. The maximum absolute atomic E-state index is 12.8. The predicted molar refractivity (Wildman–Crippen MR) is 108 cm³/mol. The van der Waals surface area contributed by atoms with Crippen LogP contribution in [0.15, 0.2) is 23.1 Å². The molecular formula is C18H29N3O5S2. The van der Waals surface area contributed by atoms with Gasteiger partial charge < -0.3 is 5.32 Å². The van der Waals surface area contributed by atoms with E-state index in [1.54, 1.807) is 26.8 Å². The molecule has 8 nitrogen and oxygen atoms in total. The van der Waals surface area contributed by atoms with Crippen LogP contribution in [0.25, 0.3) is 0 Å².